The number of benzene rings is 2. The minimum Gasteiger partial charge on any atom is -0.462 e. The number of thiazole rings is 1. The van der Waals surface area contributed by atoms with E-state index < -0.39 is 23.1 Å². The number of thioether (sulfide) groups is 1. The number of hydrogen-bond acceptors (Lipinski definition) is 7. The maximum Gasteiger partial charge on any atom is 0.338 e. The lowest BCUT2D eigenvalue weighted by Crippen LogP contribution is -2.31. The van der Waals surface area contributed by atoms with Crippen LogP contribution in [0.1, 0.15) is 33.6 Å². The summed E-state index contributed by atoms with van der Waals surface area (Å²) in [5, 5.41) is -0.0139. The number of H-pyrrole nitrogens is 1. The van der Waals surface area contributed by atoms with E-state index in [1.165, 1.54) is 16.7 Å². The Balaban J connectivity index is 1.50. The quantitative estimate of drug-likeness (QED) is 0.426. The predicted molar refractivity (Wildman–Crippen MR) is 131 cm³/mol. The van der Waals surface area contributed by atoms with Crippen LogP contribution in [0.15, 0.2) is 70.5 Å². The average molecular weight is 493 g/mol. The number of aromatic nitrogens is 1. The molecule has 3 atom stereocenters. The molecule has 34 heavy (non-hydrogen) atoms. The fourth-order valence-electron chi connectivity index (χ4n) is 4.26. The number of esters is 1. The van der Waals surface area contributed by atoms with Gasteiger partial charge in [0, 0.05) is 10.8 Å². The van der Waals surface area contributed by atoms with Crippen molar-refractivity contribution in [3.8, 4) is 0 Å². The Hall–Kier alpha value is -3.43. The zero-order valence-electron chi connectivity index (χ0n) is 18.1. The zero-order chi connectivity index (χ0) is 23.8. The van der Waals surface area contributed by atoms with Crippen molar-refractivity contribution in [1.82, 2.24) is 4.98 Å². The molecule has 2 aliphatic rings. The van der Waals surface area contributed by atoms with Gasteiger partial charge in [-0.2, -0.15) is 0 Å². The third-order valence-corrected chi connectivity index (χ3v) is 8.22. The molecule has 2 aliphatic heterocycles. The number of anilines is 1. The molecule has 3 heterocycles. The van der Waals surface area contributed by atoms with Gasteiger partial charge in [-0.05, 0) is 36.8 Å². The molecule has 172 valence electrons. The summed E-state index contributed by atoms with van der Waals surface area (Å²) in [6, 6.07) is 15.9. The highest BCUT2D eigenvalue weighted by molar-refractivity contribution is 8.00. The summed E-state index contributed by atoms with van der Waals surface area (Å²) in [6.07, 6.45) is 3.83. The number of allylic oxidation sites excluding steroid dienone is 1. The van der Waals surface area contributed by atoms with Crippen molar-refractivity contribution >= 4 is 52.6 Å². The molecular weight excluding hydrogens is 472 g/mol. The number of nitrogens with one attached hydrogen (secondary N) is 1. The topological polar surface area (TPSA) is 96.5 Å². The first-order valence-electron chi connectivity index (χ1n) is 10.8. The first-order valence-corrected chi connectivity index (χ1v) is 12.5. The molecule has 0 radical (unpaired) electrons. The second-order valence-corrected chi connectivity index (χ2v) is 10.0. The molecular formula is C25H20N2O5S2. The van der Waals surface area contributed by atoms with Crippen LogP contribution in [0.25, 0.3) is 6.08 Å². The third kappa shape index (κ3) is 3.91. The number of ether oxygens (including phenoxy) is 1. The van der Waals surface area contributed by atoms with Gasteiger partial charge in [-0.3, -0.25) is 14.4 Å². The van der Waals surface area contributed by atoms with Gasteiger partial charge in [0.1, 0.15) is 5.25 Å². The fourth-order valence-corrected chi connectivity index (χ4v) is 6.75. The highest BCUT2D eigenvalue weighted by Crippen LogP contribution is 2.51. The van der Waals surface area contributed by atoms with E-state index in [2.05, 4.69) is 4.98 Å². The number of nitrogens with zero attached hydrogens (tertiary/aromatic N) is 1. The van der Waals surface area contributed by atoms with Gasteiger partial charge in [-0.1, -0.05) is 65.6 Å². The van der Waals surface area contributed by atoms with Crippen LogP contribution in [0.3, 0.4) is 0 Å². The number of imide groups is 1. The molecule has 9 heteroatoms. The first kappa shape index (κ1) is 22.4. The van der Waals surface area contributed by atoms with Crippen molar-refractivity contribution < 1.29 is 19.1 Å². The minimum absolute atomic E-state index is 0.207. The Bertz CT molecular complexity index is 1340. The van der Waals surface area contributed by atoms with Crippen molar-refractivity contribution in [2.75, 3.05) is 11.5 Å². The van der Waals surface area contributed by atoms with E-state index in [-0.39, 0.29) is 23.3 Å². The maximum absolute atomic E-state index is 13.6. The van der Waals surface area contributed by atoms with Gasteiger partial charge in [0.25, 0.3) is 0 Å². The molecule has 1 N–H and O–H groups in total. The van der Waals surface area contributed by atoms with Crippen LogP contribution in [0.2, 0.25) is 0 Å². The molecule has 0 bridgehead atoms. The van der Waals surface area contributed by atoms with Crippen molar-refractivity contribution in [2.24, 2.45) is 5.92 Å². The molecule has 1 aromatic heterocycles. The van der Waals surface area contributed by atoms with Gasteiger partial charge in [-0.15, -0.1) is 0 Å². The third-order valence-electron chi connectivity index (χ3n) is 5.80. The van der Waals surface area contributed by atoms with Crippen LogP contribution >= 0.6 is 23.1 Å². The highest BCUT2D eigenvalue weighted by Gasteiger charge is 2.55. The van der Waals surface area contributed by atoms with Crippen LogP contribution in [0.5, 0.6) is 0 Å². The molecule has 2 aromatic carbocycles. The van der Waals surface area contributed by atoms with E-state index in [0.29, 0.717) is 16.3 Å². The predicted octanol–water partition coefficient (Wildman–Crippen LogP) is 4.07. The molecule has 0 saturated carbocycles. The summed E-state index contributed by atoms with van der Waals surface area (Å²) < 4.78 is 5.00. The molecule has 0 unspecified atom stereocenters. The Kier molecular flexibility index (Phi) is 5.97. The van der Waals surface area contributed by atoms with Gasteiger partial charge in [0.05, 0.1) is 28.8 Å². The lowest BCUT2D eigenvalue weighted by Gasteiger charge is -2.27. The fraction of sp³-hybridized carbons (Fsp3) is 0.200. The molecule has 1 saturated heterocycles. The molecule has 0 spiro atoms. The summed E-state index contributed by atoms with van der Waals surface area (Å²) in [7, 11) is 0. The number of carbonyl (C=O) groups is 3. The number of rotatable bonds is 5. The second-order valence-electron chi connectivity index (χ2n) is 7.85. The van der Waals surface area contributed by atoms with E-state index >= 15 is 0 Å². The van der Waals surface area contributed by atoms with Crippen molar-refractivity contribution in [1.29, 1.82) is 0 Å². The maximum atomic E-state index is 13.6. The SMILES string of the molecule is CCOC(=O)c1ccc(N2C(=O)[C@@H]3[C@@H](Sc4[nH]c(=O)sc4[C@@H]3/C=C/c3ccccc3)C2=O)cc1. The van der Waals surface area contributed by atoms with Crippen LogP contribution < -0.4 is 9.77 Å². The van der Waals surface area contributed by atoms with E-state index in [1.807, 2.05) is 42.5 Å². The normalized spacial score (nSPS) is 21.6. The number of amides is 2. The van der Waals surface area contributed by atoms with Crippen LogP contribution in [-0.2, 0) is 14.3 Å². The van der Waals surface area contributed by atoms with Gasteiger partial charge in [0.15, 0.2) is 0 Å². The van der Waals surface area contributed by atoms with E-state index in [1.54, 1.807) is 31.2 Å². The Morgan fingerprint density at radius 1 is 1.06 bits per heavy atom. The van der Waals surface area contributed by atoms with Crippen LogP contribution in [0.4, 0.5) is 5.69 Å². The number of hydrogen-bond donors (Lipinski definition) is 1. The summed E-state index contributed by atoms with van der Waals surface area (Å²) in [5.41, 5.74) is 1.71. The summed E-state index contributed by atoms with van der Waals surface area (Å²) >= 11 is 2.31. The summed E-state index contributed by atoms with van der Waals surface area (Å²) in [5.74, 6) is -2.16. The molecule has 7 nitrogen and oxygen atoms in total. The Morgan fingerprint density at radius 2 is 1.79 bits per heavy atom. The molecule has 1 fully saturated rings. The van der Waals surface area contributed by atoms with E-state index in [0.717, 1.165) is 21.8 Å². The van der Waals surface area contributed by atoms with Gasteiger partial charge in [-0.25, -0.2) is 9.69 Å². The average Bonchev–Trinajstić information content (AvgIpc) is 3.34. The van der Waals surface area contributed by atoms with Crippen molar-refractivity contribution in [3.63, 3.8) is 0 Å². The largest absolute Gasteiger partial charge is 0.462 e. The molecule has 0 aliphatic carbocycles. The molecule has 2 amide bonds. The summed E-state index contributed by atoms with van der Waals surface area (Å²) in [6.45, 7) is 1.98. The van der Waals surface area contributed by atoms with Gasteiger partial charge in [0.2, 0.25) is 11.8 Å². The van der Waals surface area contributed by atoms with Crippen molar-refractivity contribution in [2.45, 2.75) is 23.1 Å². The van der Waals surface area contributed by atoms with E-state index in [4.69, 9.17) is 4.74 Å². The lowest BCUT2D eigenvalue weighted by atomic mass is 9.88. The van der Waals surface area contributed by atoms with Crippen LogP contribution in [-0.4, -0.2) is 34.6 Å². The smallest absolute Gasteiger partial charge is 0.338 e. The Morgan fingerprint density at radius 3 is 2.50 bits per heavy atom. The number of aromatic amines is 1. The first-order chi connectivity index (χ1) is 16.5. The monoisotopic (exact) mass is 492 g/mol. The van der Waals surface area contributed by atoms with Gasteiger partial charge >= 0.3 is 10.8 Å². The minimum atomic E-state index is -0.652. The standard InChI is InChI=1S/C25H20N2O5S2/c1-2-32-24(30)15-9-11-16(12-10-15)27-22(28)18-17(13-8-14-6-4-3-5-7-14)19-21(26-25(31)34-19)33-20(18)23(27)29/h3-13,17-18,20H,2H2,1H3,(H,26,31)/b13-8+/t17-,18+,20-/m1/s1. The zero-order valence-corrected chi connectivity index (χ0v) is 19.7. The second kappa shape index (κ2) is 9.08. The van der Waals surface area contributed by atoms with E-state index in [9.17, 15) is 19.2 Å². The van der Waals surface area contributed by atoms with Gasteiger partial charge < -0.3 is 9.72 Å². The van der Waals surface area contributed by atoms with Crippen LogP contribution in [0, 0.1) is 5.92 Å². The molecule has 3 aromatic rings. The highest BCUT2D eigenvalue weighted by atomic mass is 32.2. The number of carbonyl (C=O) groups excluding carboxylic acids is 3. The summed E-state index contributed by atoms with van der Waals surface area (Å²) in [4.78, 5) is 55.6. The Labute approximate surface area is 203 Å². The molecule has 5 rings (SSSR count). The van der Waals surface area contributed by atoms with Crippen molar-refractivity contribution in [3.05, 3.63) is 86.3 Å². The number of fused-ring (bicyclic) bond motifs is 2. The lowest BCUT2D eigenvalue weighted by molar-refractivity contribution is -0.122.